The molecule has 0 amide bonds. The van der Waals surface area contributed by atoms with Gasteiger partial charge in [0.2, 0.25) is 0 Å². The summed E-state index contributed by atoms with van der Waals surface area (Å²) in [5, 5.41) is -0.0137. The van der Waals surface area contributed by atoms with E-state index in [2.05, 4.69) is 9.72 Å². The van der Waals surface area contributed by atoms with Gasteiger partial charge in [-0.15, -0.1) is 0 Å². The normalized spacial score (nSPS) is 10.7. The lowest BCUT2D eigenvalue weighted by Crippen LogP contribution is -2.10. The van der Waals surface area contributed by atoms with Gasteiger partial charge >= 0.3 is 5.97 Å². The van der Waals surface area contributed by atoms with Crippen molar-refractivity contribution in [3.63, 3.8) is 0 Å². The molecule has 0 aliphatic carbocycles. The molecule has 1 heterocycles. The number of hydrogen-bond donors (Lipinski definition) is 1. The summed E-state index contributed by atoms with van der Waals surface area (Å²) in [4.78, 5) is 14.8. The zero-order chi connectivity index (χ0) is 13.0. The molecule has 0 atom stereocenters. The number of aromatic nitrogens is 1. The number of alkyl halides is 2. The number of ether oxygens (including phenoxy) is 1. The summed E-state index contributed by atoms with van der Waals surface area (Å²) in [6.07, 6.45) is -2.91. The molecule has 0 aliphatic rings. The molecule has 0 fully saturated rings. The van der Waals surface area contributed by atoms with Crippen LogP contribution in [0, 0.1) is 0 Å². The molecule has 0 saturated carbocycles. The van der Waals surface area contributed by atoms with Gasteiger partial charge in [-0.1, -0.05) is 11.6 Å². The van der Waals surface area contributed by atoms with E-state index in [0.29, 0.717) is 0 Å². The molecule has 7 heteroatoms. The number of hydrogen-bond acceptors (Lipinski definition) is 4. The van der Waals surface area contributed by atoms with Crippen LogP contribution in [-0.2, 0) is 22.5 Å². The van der Waals surface area contributed by atoms with Gasteiger partial charge in [0.1, 0.15) is 5.15 Å². The van der Waals surface area contributed by atoms with Gasteiger partial charge in [0.05, 0.1) is 19.2 Å². The van der Waals surface area contributed by atoms with Gasteiger partial charge in [0.25, 0.3) is 6.43 Å². The number of halogens is 3. The van der Waals surface area contributed by atoms with Crippen molar-refractivity contribution in [3.8, 4) is 0 Å². The molecular weight excluding hydrogens is 254 g/mol. The van der Waals surface area contributed by atoms with Crippen LogP contribution in [0.5, 0.6) is 0 Å². The zero-order valence-electron chi connectivity index (χ0n) is 9.04. The van der Waals surface area contributed by atoms with Crippen LogP contribution in [0.25, 0.3) is 0 Å². The maximum absolute atomic E-state index is 12.7. The molecular formula is C10H11ClF2N2O2. The Morgan fingerprint density at radius 3 is 2.76 bits per heavy atom. The van der Waals surface area contributed by atoms with E-state index in [1.165, 1.54) is 7.11 Å². The SMILES string of the molecule is COC(=O)Cc1cc(C(F)F)c(CN)nc1Cl. The van der Waals surface area contributed by atoms with Gasteiger partial charge in [0.15, 0.2) is 0 Å². The van der Waals surface area contributed by atoms with Crippen molar-refractivity contribution in [1.82, 2.24) is 4.98 Å². The zero-order valence-corrected chi connectivity index (χ0v) is 9.80. The number of methoxy groups -OCH3 is 1. The number of rotatable bonds is 4. The van der Waals surface area contributed by atoms with Crippen LogP contribution in [0.15, 0.2) is 6.07 Å². The van der Waals surface area contributed by atoms with Crippen LogP contribution in [0.2, 0.25) is 5.15 Å². The third-order valence-corrected chi connectivity index (χ3v) is 2.48. The van der Waals surface area contributed by atoms with Crippen LogP contribution in [0.4, 0.5) is 8.78 Å². The fraction of sp³-hybridized carbons (Fsp3) is 0.400. The molecule has 1 rings (SSSR count). The summed E-state index contributed by atoms with van der Waals surface area (Å²) >= 11 is 5.77. The predicted molar refractivity (Wildman–Crippen MR) is 57.8 cm³/mol. The number of nitrogens with zero attached hydrogens (tertiary/aromatic N) is 1. The van der Waals surface area contributed by atoms with Crippen LogP contribution >= 0.6 is 11.6 Å². The van der Waals surface area contributed by atoms with Crippen LogP contribution in [0.3, 0.4) is 0 Å². The summed E-state index contributed by atoms with van der Waals surface area (Å²) < 4.78 is 29.8. The minimum atomic E-state index is -2.71. The summed E-state index contributed by atoms with van der Waals surface area (Å²) in [6.45, 7) is -0.141. The minimum absolute atomic E-state index is 0.0137. The molecule has 0 unspecified atom stereocenters. The van der Waals surface area contributed by atoms with E-state index in [0.717, 1.165) is 6.07 Å². The first-order valence-corrected chi connectivity index (χ1v) is 5.10. The molecule has 0 saturated heterocycles. The molecule has 94 valence electrons. The number of carbonyl (C=O) groups excluding carboxylic acids is 1. The molecule has 0 bridgehead atoms. The largest absolute Gasteiger partial charge is 0.469 e. The highest BCUT2D eigenvalue weighted by atomic mass is 35.5. The second-order valence-electron chi connectivity index (χ2n) is 3.23. The second kappa shape index (κ2) is 5.88. The Bertz CT molecular complexity index is 427. The van der Waals surface area contributed by atoms with E-state index in [1.807, 2.05) is 0 Å². The molecule has 4 nitrogen and oxygen atoms in total. The van der Waals surface area contributed by atoms with Gasteiger partial charge in [-0.05, 0) is 6.07 Å². The first kappa shape index (κ1) is 13.8. The van der Waals surface area contributed by atoms with Gasteiger partial charge in [0, 0.05) is 17.7 Å². The Morgan fingerprint density at radius 1 is 1.65 bits per heavy atom. The lowest BCUT2D eigenvalue weighted by atomic mass is 10.1. The van der Waals surface area contributed by atoms with Crippen LogP contribution in [-0.4, -0.2) is 18.1 Å². The highest BCUT2D eigenvalue weighted by Gasteiger charge is 2.18. The van der Waals surface area contributed by atoms with Crippen LogP contribution in [0.1, 0.15) is 23.2 Å². The van der Waals surface area contributed by atoms with Crippen LogP contribution < -0.4 is 5.73 Å². The first-order valence-electron chi connectivity index (χ1n) is 4.72. The smallest absolute Gasteiger partial charge is 0.310 e. The van der Waals surface area contributed by atoms with Gasteiger partial charge in [-0.3, -0.25) is 4.79 Å². The summed E-state index contributed by atoms with van der Waals surface area (Å²) in [6, 6.07) is 1.14. The Balaban J connectivity index is 3.15. The standard InChI is InChI=1S/C10H11ClF2N2O2/c1-17-8(16)3-5-2-6(10(12)13)7(4-14)15-9(5)11/h2,10H,3-4,14H2,1H3. The monoisotopic (exact) mass is 264 g/mol. The molecule has 0 radical (unpaired) electrons. The van der Waals surface area contributed by atoms with Crippen molar-refractivity contribution in [2.45, 2.75) is 19.4 Å². The predicted octanol–water partition coefficient (Wildman–Crippen LogP) is 1.85. The average Bonchev–Trinajstić information content (AvgIpc) is 2.30. The van der Waals surface area contributed by atoms with E-state index in [9.17, 15) is 13.6 Å². The molecule has 1 aromatic rings. The highest BCUT2D eigenvalue weighted by molar-refractivity contribution is 6.30. The second-order valence-corrected chi connectivity index (χ2v) is 3.59. The van der Waals surface area contributed by atoms with Crippen molar-refractivity contribution in [2.75, 3.05) is 7.11 Å². The van der Waals surface area contributed by atoms with Crippen molar-refractivity contribution in [2.24, 2.45) is 5.73 Å². The van der Waals surface area contributed by atoms with Crippen molar-refractivity contribution >= 4 is 17.6 Å². The molecule has 0 aliphatic heterocycles. The Hall–Kier alpha value is -1.27. The highest BCUT2D eigenvalue weighted by Crippen LogP contribution is 2.26. The fourth-order valence-corrected chi connectivity index (χ4v) is 1.51. The van der Waals surface area contributed by atoms with Crippen molar-refractivity contribution < 1.29 is 18.3 Å². The molecule has 17 heavy (non-hydrogen) atoms. The average molecular weight is 265 g/mol. The fourth-order valence-electron chi connectivity index (χ4n) is 1.29. The maximum atomic E-state index is 12.7. The molecule has 0 aromatic carbocycles. The van der Waals surface area contributed by atoms with Gasteiger partial charge in [-0.2, -0.15) is 0 Å². The summed E-state index contributed by atoms with van der Waals surface area (Å²) in [5.41, 5.74) is 5.21. The quantitative estimate of drug-likeness (QED) is 0.666. The maximum Gasteiger partial charge on any atom is 0.310 e. The minimum Gasteiger partial charge on any atom is -0.469 e. The van der Waals surface area contributed by atoms with E-state index in [-0.39, 0.29) is 34.9 Å². The molecule has 0 spiro atoms. The number of pyridine rings is 1. The van der Waals surface area contributed by atoms with Crippen molar-refractivity contribution in [3.05, 3.63) is 28.0 Å². The van der Waals surface area contributed by atoms with E-state index in [1.54, 1.807) is 0 Å². The third-order valence-electron chi connectivity index (χ3n) is 2.15. The Labute approximate surface area is 102 Å². The van der Waals surface area contributed by atoms with E-state index < -0.39 is 12.4 Å². The first-order chi connectivity index (χ1) is 7.99. The van der Waals surface area contributed by atoms with E-state index in [4.69, 9.17) is 17.3 Å². The number of nitrogens with two attached hydrogens (primary N) is 1. The summed E-state index contributed by atoms with van der Waals surface area (Å²) in [7, 11) is 1.20. The third kappa shape index (κ3) is 3.34. The van der Waals surface area contributed by atoms with Gasteiger partial charge in [-0.25, -0.2) is 13.8 Å². The Kier molecular flexibility index (Phi) is 4.77. The van der Waals surface area contributed by atoms with Gasteiger partial charge < -0.3 is 10.5 Å². The van der Waals surface area contributed by atoms with Crippen molar-refractivity contribution in [1.29, 1.82) is 0 Å². The lowest BCUT2D eigenvalue weighted by molar-refractivity contribution is -0.139. The number of esters is 1. The molecule has 2 N–H and O–H groups in total. The molecule has 1 aromatic heterocycles. The topological polar surface area (TPSA) is 65.2 Å². The number of carbonyl (C=O) groups is 1. The lowest BCUT2D eigenvalue weighted by Gasteiger charge is -2.10. The Morgan fingerprint density at radius 2 is 2.29 bits per heavy atom. The van der Waals surface area contributed by atoms with E-state index >= 15 is 0 Å². The summed E-state index contributed by atoms with van der Waals surface area (Å²) in [5.74, 6) is -0.575.